The highest BCUT2D eigenvalue weighted by Gasteiger charge is 2.09. The summed E-state index contributed by atoms with van der Waals surface area (Å²) < 4.78 is 17.2. The van der Waals surface area contributed by atoms with Crippen LogP contribution in [0.25, 0.3) is 0 Å². The number of methoxy groups -OCH3 is 2. The molecule has 1 unspecified atom stereocenters. The van der Waals surface area contributed by atoms with Crippen molar-refractivity contribution in [1.29, 1.82) is 0 Å². The van der Waals surface area contributed by atoms with Crippen LogP contribution in [0.1, 0.15) is 18.5 Å². The molecule has 5 heteroatoms. The van der Waals surface area contributed by atoms with E-state index in [4.69, 9.17) is 19.9 Å². The van der Waals surface area contributed by atoms with Crippen molar-refractivity contribution in [3.05, 3.63) is 46.4 Å². The summed E-state index contributed by atoms with van der Waals surface area (Å²) in [6, 6.07) is 11.2. The molecule has 0 amide bonds. The van der Waals surface area contributed by atoms with Crippen LogP contribution in [0.4, 0.5) is 0 Å². The molecule has 0 fully saturated rings. The Morgan fingerprint density at radius 2 is 1.52 bits per heavy atom. The summed E-state index contributed by atoms with van der Waals surface area (Å²) in [5.74, 6) is 2.69. The Morgan fingerprint density at radius 3 is 2.00 bits per heavy atom. The van der Waals surface area contributed by atoms with Gasteiger partial charge in [0.2, 0.25) is 0 Å². The molecule has 4 nitrogen and oxygen atoms in total. The van der Waals surface area contributed by atoms with E-state index in [1.165, 1.54) is 0 Å². The van der Waals surface area contributed by atoms with Crippen molar-refractivity contribution in [2.75, 3.05) is 14.2 Å². The van der Waals surface area contributed by atoms with Gasteiger partial charge < -0.3 is 19.9 Å². The van der Waals surface area contributed by atoms with Gasteiger partial charge in [0.05, 0.1) is 18.7 Å². The summed E-state index contributed by atoms with van der Waals surface area (Å²) in [6.07, 6.45) is 0. The lowest BCUT2D eigenvalue weighted by atomic mass is 10.1. The molecule has 2 rings (SSSR count). The number of rotatable bonds is 5. The monoisotopic (exact) mass is 351 g/mol. The van der Waals surface area contributed by atoms with E-state index in [9.17, 15) is 0 Å². The molecule has 2 aromatic carbocycles. The third-order valence-corrected chi connectivity index (χ3v) is 3.65. The van der Waals surface area contributed by atoms with Gasteiger partial charge in [0.15, 0.2) is 0 Å². The second kappa shape index (κ2) is 6.83. The van der Waals surface area contributed by atoms with Gasteiger partial charge in [-0.15, -0.1) is 0 Å². The number of ether oxygens (including phenoxy) is 3. The molecule has 0 radical (unpaired) electrons. The number of nitrogens with two attached hydrogens (primary N) is 1. The van der Waals surface area contributed by atoms with Crippen molar-refractivity contribution in [3.8, 4) is 23.0 Å². The molecule has 21 heavy (non-hydrogen) atoms. The van der Waals surface area contributed by atoms with E-state index in [0.29, 0.717) is 23.0 Å². The minimum Gasteiger partial charge on any atom is -0.496 e. The largest absolute Gasteiger partial charge is 0.496 e. The smallest absolute Gasteiger partial charge is 0.141 e. The Labute approximate surface area is 132 Å². The van der Waals surface area contributed by atoms with E-state index < -0.39 is 0 Å². The summed E-state index contributed by atoms with van der Waals surface area (Å²) in [5.41, 5.74) is 6.91. The molecule has 0 aliphatic heterocycles. The molecule has 1 atom stereocenters. The molecule has 112 valence electrons. The summed E-state index contributed by atoms with van der Waals surface area (Å²) in [6.45, 7) is 1.94. The van der Waals surface area contributed by atoms with Crippen molar-refractivity contribution in [2.24, 2.45) is 5.73 Å². The number of halogens is 1. The molecule has 0 heterocycles. The van der Waals surface area contributed by atoms with Crippen LogP contribution in [0.5, 0.6) is 23.0 Å². The highest BCUT2D eigenvalue weighted by molar-refractivity contribution is 9.10. The van der Waals surface area contributed by atoms with Crippen molar-refractivity contribution < 1.29 is 14.2 Å². The molecule has 0 saturated carbocycles. The zero-order chi connectivity index (χ0) is 15.4. The lowest BCUT2D eigenvalue weighted by Crippen LogP contribution is -2.04. The van der Waals surface area contributed by atoms with Crippen LogP contribution >= 0.6 is 15.9 Å². The average molecular weight is 352 g/mol. The van der Waals surface area contributed by atoms with Crippen LogP contribution in [-0.2, 0) is 0 Å². The third-order valence-electron chi connectivity index (χ3n) is 3.03. The van der Waals surface area contributed by atoms with E-state index in [2.05, 4.69) is 15.9 Å². The molecule has 0 aliphatic carbocycles. The predicted molar refractivity (Wildman–Crippen MR) is 86.4 cm³/mol. The van der Waals surface area contributed by atoms with Gasteiger partial charge in [-0.1, -0.05) is 6.07 Å². The van der Waals surface area contributed by atoms with Gasteiger partial charge in [-0.05, 0) is 40.5 Å². The fraction of sp³-hybridized carbons (Fsp3) is 0.250. The van der Waals surface area contributed by atoms with Crippen LogP contribution < -0.4 is 19.9 Å². The van der Waals surface area contributed by atoms with Crippen LogP contribution in [0.15, 0.2) is 40.9 Å². The average Bonchev–Trinajstić information content (AvgIpc) is 2.48. The first-order valence-electron chi connectivity index (χ1n) is 6.49. The lowest BCUT2D eigenvalue weighted by molar-refractivity contribution is 0.386. The zero-order valence-corrected chi connectivity index (χ0v) is 13.8. The SMILES string of the molecule is COc1cc(OC)cc(Oc2ccc(C(C)N)cc2Br)c1. The molecule has 2 aromatic rings. The predicted octanol–water partition coefficient (Wildman–Crippen LogP) is 4.28. The van der Waals surface area contributed by atoms with Gasteiger partial charge >= 0.3 is 0 Å². The van der Waals surface area contributed by atoms with Crippen molar-refractivity contribution >= 4 is 15.9 Å². The van der Waals surface area contributed by atoms with E-state index in [0.717, 1.165) is 10.0 Å². The molecule has 0 spiro atoms. The lowest BCUT2D eigenvalue weighted by Gasteiger charge is -2.13. The Hall–Kier alpha value is -1.72. The quantitative estimate of drug-likeness (QED) is 0.873. The van der Waals surface area contributed by atoms with E-state index in [1.807, 2.05) is 25.1 Å². The zero-order valence-electron chi connectivity index (χ0n) is 12.2. The van der Waals surface area contributed by atoms with Crippen molar-refractivity contribution in [1.82, 2.24) is 0 Å². The second-order valence-electron chi connectivity index (χ2n) is 4.63. The summed E-state index contributed by atoms with van der Waals surface area (Å²) >= 11 is 3.50. The minimum absolute atomic E-state index is 0.0211. The molecule has 0 aliphatic rings. The van der Waals surface area contributed by atoms with Crippen molar-refractivity contribution in [3.63, 3.8) is 0 Å². The summed E-state index contributed by atoms with van der Waals surface area (Å²) in [7, 11) is 3.21. The molecular weight excluding hydrogens is 334 g/mol. The maximum absolute atomic E-state index is 5.88. The van der Waals surface area contributed by atoms with Gasteiger partial charge in [-0.2, -0.15) is 0 Å². The Bertz CT molecular complexity index is 607. The number of hydrogen-bond donors (Lipinski definition) is 1. The maximum Gasteiger partial charge on any atom is 0.141 e. The molecular formula is C16H18BrNO3. The number of hydrogen-bond acceptors (Lipinski definition) is 4. The van der Waals surface area contributed by atoms with Crippen LogP contribution in [0.2, 0.25) is 0 Å². The standard InChI is InChI=1S/C16H18BrNO3/c1-10(18)11-4-5-16(15(17)6-11)21-14-8-12(19-2)7-13(9-14)20-3/h4-10H,18H2,1-3H3. The van der Waals surface area contributed by atoms with E-state index >= 15 is 0 Å². The van der Waals surface area contributed by atoms with E-state index in [1.54, 1.807) is 32.4 Å². The van der Waals surface area contributed by atoms with E-state index in [-0.39, 0.29) is 6.04 Å². The second-order valence-corrected chi connectivity index (χ2v) is 5.48. The van der Waals surface area contributed by atoms with Gasteiger partial charge in [-0.3, -0.25) is 0 Å². The van der Waals surface area contributed by atoms with Gasteiger partial charge in [0.25, 0.3) is 0 Å². The first kappa shape index (κ1) is 15.7. The first-order chi connectivity index (χ1) is 10.0. The maximum atomic E-state index is 5.88. The van der Waals surface area contributed by atoms with Gasteiger partial charge in [0, 0.05) is 24.2 Å². The first-order valence-corrected chi connectivity index (χ1v) is 7.28. The number of benzene rings is 2. The molecule has 0 saturated heterocycles. The normalized spacial score (nSPS) is 11.9. The van der Waals surface area contributed by atoms with Crippen molar-refractivity contribution in [2.45, 2.75) is 13.0 Å². The highest BCUT2D eigenvalue weighted by Crippen LogP contribution is 2.35. The van der Waals surface area contributed by atoms with Crippen LogP contribution in [0, 0.1) is 0 Å². The molecule has 2 N–H and O–H groups in total. The summed E-state index contributed by atoms with van der Waals surface area (Å²) in [5, 5.41) is 0. The highest BCUT2D eigenvalue weighted by atomic mass is 79.9. The topological polar surface area (TPSA) is 53.7 Å². The Morgan fingerprint density at radius 1 is 0.952 bits per heavy atom. The van der Waals surface area contributed by atoms with Crippen LogP contribution in [-0.4, -0.2) is 14.2 Å². The Balaban J connectivity index is 2.29. The summed E-state index contributed by atoms with van der Waals surface area (Å²) in [4.78, 5) is 0. The Kier molecular flexibility index (Phi) is 5.09. The fourth-order valence-electron chi connectivity index (χ4n) is 1.85. The fourth-order valence-corrected chi connectivity index (χ4v) is 2.33. The minimum atomic E-state index is -0.0211. The molecule has 0 bridgehead atoms. The molecule has 0 aromatic heterocycles. The third kappa shape index (κ3) is 3.89. The van der Waals surface area contributed by atoms with Crippen LogP contribution in [0.3, 0.4) is 0 Å². The van der Waals surface area contributed by atoms with Gasteiger partial charge in [-0.25, -0.2) is 0 Å². The van der Waals surface area contributed by atoms with Gasteiger partial charge in [0.1, 0.15) is 23.0 Å².